The fraction of sp³-hybridized carbons (Fsp3) is 0.353. The maximum atomic E-state index is 13.0. The molecule has 0 spiro atoms. The summed E-state index contributed by atoms with van der Waals surface area (Å²) in [6.45, 7) is 0.606. The molecule has 26 heavy (non-hydrogen) atoms. The van der Waals surface area contributed by atoms with Gasteiger partial charge in [-0.1, -0.05) is 11.8 Å². The zero-order chi connectivity index (χ0) is 18.9. The van der Waals surface area contributed by atoms with Crippen molar-refractivity contribution in [2.75, 3.05) is 18.8 Å². The number of hydrogen-bond donors (Lipinski definition) is 0. The Morgan fingerprint density at radius 2 is 1.81 bits per heavy atom. The van der Waals surface area contributed by atoms with Gasteiger partial charge in [-0.3, -0.25) is 4.79 Å². The Labute approximate surface area is 155 Å². The molecule has 2 aromatic rings. The maximum absolute atomic E-state index is 13.0. The molecular weight excluding hydrogens is 355 g/mol. The highest BCUT2D eigenvalue weighted by Gasteiger charge is 2.17. The van der Waals surface area contributed by atoms with Crippen LogP contribution in [-0.2, 0) is 11.8 Å². The van der Waals surface area contributed by atoms with Crippen molar-refractivity contribution in [3.05, 3.63) is 30.1 Å². The van der Waals surface area contributed by atoms with Crippen molar-refractivity contribution in [3.8, 4) is 23.5 Å². The molecule has 0 aliphatic carbocycles. The molecule has 0 aliphatic rings. The van der Waals surface area contributed by atoms with Gasteiger partial charge in [0, 0.05) is 25.7 Å². The minimum Gasteiger partial charge on any atom is -0.340 e. The van der Waals surface area contributed by atoms with Gasteiger partial charge in [0.1, 0.15) is 5.82 Å². The smallest absolute Gasteiger partial charge is 0.233 e. The van der Waals surface area contributed by atoms with Gasteiger partial charge in [0.15, 0.2) is 11.0 Å². The number of carbonyl (C=O) groups excluding carboxylic acids is 1. The molecule has 1 aromatic heterocycles. The van der Waals surface area contributed by atoms with E-state index >= 15 is 0 Å². The summed E-state index contributed by atoms with van der Waals surface area (Å²) in [4.78, 5) is 13.9. The van der Waals surface area contributed by atoms with Crippen LogP contribution in [-0.4, -0.2) is 44.4 Å². The fourth-order valence-corrected chi connectivity index (χ4v) is 3.05. The van der Waals surface area contributed by atoms with Crippen LogP contribution in [0.1, 0.15) is 12.8 Å². The van der Waals surface area contributed by atoms with Crippen molar-refractivity contribution in [2.45, 2.75) is 18.0 Å². The number of aromatic nitrogens is 3. The largest absolute Gasteiger partial charge is 0.340 e. The molecule has 0 bridgehead atoms. The Kier molecular flexibility index (Phi) is 7.12. The minimum absolute atomic E-state index is 0.131. The average molecular weight is 372 g/mol. The van der Waals surface area contributed by atoms with E-state index in [9.17, 15) is 9.18 Å². The van der Waals surface area contributed by atoms with E-state index < -0.39 is 0 Å². The SMILES string of the molecule is Cn1c(SCC(=O)N(CCC#N)CCC#N)nnc1-c1ccc(F)cc1. The van der Waals surface area contributed by atoms with Crippen molar-refractivity contribution in [2.24, 2.45) is 7.05 Å². The first-order valence-corrected chi connectivity index (χ1v) is 8.85. The Hall–Kier alpha value is -2.91. The van der Waals surface area contributed by atoms with Crippen molar-refractivity contribution in [1.29, 1.82) is 10.5 Å². The number of rotatable bonds is 8. The standard InChI is InChI=1S/C17H17FN6OS/c1-23-16(13-4-6-14(18)7-5-13)21-22-17(23)26-12-15(25)24(10-2-8-19)11-3-9-20/h4-7H,2-3,10-12H2,1H3. The quantitative estimate of drug-likeness (QED) is 0.660. The van der Waals surface area contributed by atoms with Crippen LogP contribution in [0.3, 0.4) is 0 Å². The monoisotopic (exact) mass is 372 g/mol. The van der Waals surface area contributed by atoms with Crippen LogP contribution in [0.5, 0.6) is 0 Å². The number of halogens is 1. The number of thioether (sulfide) groups is 1. The van der Waals surface area contributed by atoms with Gasteiger partial charge in [-0.05, 0) is 24.3 Å². The Morgan fingerprint density at radius 1 is 1.19 bits per heavy atom. The molecule has 0 atom stereocenters. The average Bonchev–Trinajstić information content (AvgIpc) is 3.01. The molecular formula is C17H17FN6OS. The normalized spacial score (nSPS) is 10.2. The highest BCUT2D eigenvalue weighted by atomic mass is 32.2. The number of carbonyl (C=O) groups is 1. The van der Waals surface area contributed by atoms with Gasteiger partial charge in [0.05, 0.1) is 30.7 Å². The molecule has 1 amide bonds. The molecule has 0 saturated heterocycles. The summed E-state index contributed by atoms with van der Waals surface area (Å²) in [5.74, 6) is 0.218. The molecule has 0 radical (unpaired) electrons. The third-order valence-electron chi connectivity index (χ3n) is 3.60. The molecule has 0 N–H and O–H groups in total. The first-order chi connectivity index (χ1) is 12.6. The van der Waals surface area contributed by atoms with E-state index in [4.69, 9.17) is 10.5 Å². The minimum atomic E-state index is -0.328. The lowest BCUT2D eigenvalue weighted by Gasteiger charge is -2.19. The number of amides is 1. The molecule has 0 aliphatic heterocycles. The summed E-state index contributed by atoms with van der Waals surface area (Å²) in [5, 5.41) is 26.1. The van der Waals surface area contributed by atoms with Crippen molar-refractivity contribution in [1.82, 2.24) is 19.7 Å². The first kappa shape index (κ1) is 19.4. The molecule has 0 saturated carbocycles. The molecule has 2 rings (SSSR count). The maximum Gasteiger partial charge on any atom is 0.233 e. The zero-order valence-electron chi connectivity index (χ0n) is 14.2. The summed E-state index contributed by atoms with van der Waals surface area (Å²) in [7, 11) is 1.77. The topological polar surface area (TPSA) is 98.6 Å². The second-order valence-electron chi connectivity index (χ2n) is 5.36. The Balaban J connectivity index is 2.02. The van der Waals surface area contributed by atoms with Crippen LogP contribution < -0.4 is 0 Å². The van der Waals surface area contributed by atoms with Gasteiger partial charge >= 0.3 is 0 Å². The van der Waals surface area contributed by atoms with Gasteiger partial charge in [-0.15, -0.1) is 10.2 Å². The lowest BCUT2D eigenvalue weighted by Crippen LogP contribution is -2.34. The van der Waals surface area contributed by atoms with E-state index in [2.05, 4.69) is 10.2 Å². The van der Waals surface area contributed by atoms with Crippen LogP contribution in [0, 0.1) is 28.5 Å². The summed E-state index contributed by atoms with van der Waals surface area (Å²) >= 11 is 1.23. The lowest BCUT2D eigenvalue weighted by atomic mass is 10.2. The van der Waals surface area contributed by atoms with Gasteiger partial charge in [0.25, 0.3) is 0 Å². The lowest BCUT2D eigenvalue weighted by molar-refractivity contribution is -0.128. The van der Waals surface area contributed by atoms with Crippen LogP contribution in [0.25, 0.3) is 11.4 Å². The third-order valence-corrected chi connectivity index (χ3v) is 4.61. The molecule has 9 heteroatoms. The van der Waals surface area contributed by atoms with E-state index in [0.29, 0.717) is 24.1 Å². The van der Waals surface area contributed by atoms with E-state index in [-0.39, 0.29) is 30.3 Å². The predicted octanol–water partition coefficient (Wildman–Crippen LogP) is 2.37. The number of hydrogen-bond acceptors (Lipinski definition) is 6. The third kappa shape index (κ3) is 5.04. The predicted molar refractivity (Wildman–Crippen MR) is 94.2 cm³/mol. The molecule has 0 unspecified atom stereocenters. The number of nitrogens with zero attached hydrogens (tertiary/aromatic N) is 6. The van der Waals surface area contributed by atoms with Crippen LogP contribution >= 0.6 is 11.8 Å². The van der Waals surface area contributed by atoms with Gasteiger partial charge in [-0.25, -0.2) is 4.39 Å². The second-order valence-corrected chi connectivity index (χ2v) is 6.30. The van der Waals surface area contributed by atoms with E-state index in [1.54, 1.807) is 23.7 Å². The Bertz CT molecular complexity index is 818. The molecule has 1 heterocycles. The summed E-state index contributed by atoms with van der Waals surface area (Å²) in [5.41, 5.74) is 0.726. The van der Waals surface area contributed by atoms with Gasteiger partial charge in [-0.2, -0.15) is 10.5 Å². The molecule has 7 nitrogen and oxygen atoms in total. The second kappa shape index (κ2) is 9.54. The van der Waals surface area contributed by atoms with Crippen molar-refractivity contribution in [3.63, 3.8) is 0 Å². The highest BCUT2D eigenvalue weighted by molar-refractivity contribution is 7.99. The van der Waals surface area contributed by atoms with Crippen molar-refractivity contribution >= 4 is 17.7 Å². The van der Waals surface area contributed by atoms with Gasteiger partial charge < -0.3 is 9.47 Å². The zero-order valence-corrected chi connectivity index (χ0v) is 15.0. The van der Waals surface area contributed by atoms with Crippen LogP contribution in [0.2, 0.25) is 0 Å². The highest BCUT2D eigenvalue weighted by Crippen LogP contribution is 2.23. The summed E-state index contributed by atoms with van der Waals surface area (Å²) in [6.07, 6.45) is 0.445. The summed E-state index contributed by atoms with van der Waals surface area (Å²) < 4.78 is 14.8. The molecule has 1 aromatic carbocycles. The van der Waals surface area contributed by atoms with Crippen molar-refractivity contribution < 1.29 is 9.18 Å². The van der Waals surface area contributed by atoms with E-state index in [1.165, 1.54) is 28.8 Å². The number of benzene rings is 1. The van der Waals surface area contributed by atoms with E-state index in [0.717, 1.165) is 5.56 Å². The van der Waals surface area contributed by atoms with Crippen LogP contribution in [0.15, 0.2) is 29.4 Å². The summed E-state index contributed by atoms with van der Waals surface area (Å²) in [6, 6.07) is 9.93. The number of nitriles is 2. The molecule has 134 valence electrons. The molecule has 0 fully saturated rings. The van der Waals surface area contributed by atoms with Crippen LogP contribution in [0.4, 0.5) is 4.39 Å². The first-order valence-electron chi connectivity index (χ1n) is 7.86. The van der Waals surface area contributed by atoms with Gasteiger partial charge in [0.2, 0.25) is 5.91 Å². The van der Waals surface area contributed by atoms with E-state index in [1.807, 2.05) is 12.1 Å². The fourth-order valence-electron chi connectivity index (χ4n) is 2.24. The Morgan fingerprint density at radius 3 is 2.38 bits per heavy atom.